The molecule has 0 bridgehead atoms. The fourth-order valence-electron chi connectivity index (χ4n) is 5.04. The summed E-state index contributed by atoms with van der Waals surface area (Å²) >= 11 is 0. The molecule has 3 amide bonds. The van der Waals surface area contributed by atoms with Crippen LogP contribution in [0.3, 0.4) is 0 Å². The molecule has 2 aliphatic heterocycles. The van der Waals surface area contributed by atoms with E-state index < -0.39 is 17.4 Å². The van der Waals surface area contributed by atoms with Crippen molar-refractivity contribution >= 4 is 23.7 Å². The normalized spacial score (nSPS) is 22.7. The number of amides is 3. The van der Waals surface area contributed by atoms with E-state index in [0.29, 0.717) is 18.5 Å². The Morgan fingerprint density at radius 2 is 1.68 bits per heavy atom. The van der Waals surface area contributed by atoms with Gasteiger partial charge in [-0.15, -0.1) is 0 Å². The Morgan fingerprint density at radius 3 is 2.29 bits per heavy atom. The number of ether oxygens (including phenoxy) is 1. The fraction of sp³-hybridized carbons (Fsp3) is 0.407. The summed E-state index contributed by atoms with van der Waals surface area (Å²) < 4.78 is 5.19. The van der Waals surface area contributed by atoms with E-state index in [4.69, 9.17) is 4.74 Å². The Hall–Kier alpha value is -3.48. The van der Waals surface area contributed by atoms with Gasteiger partial charge < -0.3 is 9.64 Å². The molecule has 0 aromatic heterocycles. The molecule has 2 heterocycles. The molecule has 0 aliphatic carbocycles. The number of piperidine rings is 1. The van der Waals surface area contributed by atoms with Crippen LogP contribution in [0.1, 0.15) is 44.6 Å². The molecule has 34 heavy (non-hydrogen) atoms. The summed E-state index contributed by atoms with van der Waals surface area (Å²) in [6.45, 7) is 2.41. The third-order valence-corrected chi connectivity index (χ3v) is 6.92. The molecule has 4 rings (SSSR count). The van der Waals surface area contributed by atoms with E-state index in [0.717, 1.165) is 28.9 Å². The van der Waals surface area contributed by atoms with Gasteiger partial charge in [0, 0.05) is 26.4 Å². The first-order chi connectivity index (χ1) is 16.4. The summed E-state index contributed by atoms with van der Waals surface area (Å²) in [5.74, 6) is -1.42. The van der Waals surface area contributed by atoms with Gasteiger partial charge in [0.25, 0.3) is 0 Å². The van der Waals surface area contributed by atoms with Gasteiger partial charge in [-0.05, 0) is 42.9 Å². The van der Waals surface area contributed by atoms with Crippen molar-refractivity contribution in [3.8, 4) is 11.1 Å². The van der Waals surface area contributed by atoms with Crippen molar-refractivity contribution in [2.24, 2.45) is 0 Å². The number of hydrogen-bond donors (Lipinski definition) is 0. The Kier molecular flexibility index (Phi) is 6.82. The first-order valence-corrected chi connectivity index (χ1v) is 11.8. The minimum Gasteiger partial charge on any atom is -0.464 e. The maximum atomic E-state index is 13.5. The van der Waals surface area contributed by atoms with Gasteiger partial charge >= 0.3 is 5.97 Å². The van der Waals surface area contributed by atoms with Crippen molar-refractivity contribution in [3.05, 3.63) is 60.2 Å². The van der Waals surface area contributed by atoms with Crippen LogP contribution in [0.25, 0.3) is 11.1 Å². The van der Waals surface area contributed by atoms with Crippen molar-refractivity contribution in [3.63, 3.8) is 0 Å². The van der Waals surface area contributed by atoms with E-state index in [2.05, 4.69) is 0 Å². The molecular formula is C27H30N2O5. The third kappa shape index (κ3) is 4.34. The molecule has 0 spiro atoms. The fourth-order valence-corrected chi connectivity index (χ4v) is 5.04. The third-order valence-electron chi connectivity index (χ3n) is 6.92. The van der Waals surface area contributed by atoms with Crippen LogP contribution in [-0.2, 0) is 29.3 Å². The number of likely N-dealkylation sites (N-methyl/N-ethyl adjacent to an activating group) is 1. The van der Waals surface area contributed by atoms with E-state index in [1.54, 1.807) is 6.92 Å². The van der Waals surface area contributed by atoms with Gasteiger partial charge in [-0.25, -0.2) is 4.79 Å². The highest BCUT2D eigenvalue weighted by atomic mass is 16.5. The zero-order valence-corrected chi connectivity index (χ0v) is 19.7. The average molecular weight is 463 g/mol. The van der Waals surface area contributed by atoms with Gasteiger partial charge in [-0.2, -0.15) is 0 Å². The topological polar surface area (TPSA) is 84.0 Å². The predicted octanol–water partition coefficient (Wildman–Crippen LogP) is 3.31. The zero-order chi connectivity index (χ0) is 24.3. The molecule has 0 unspecified atom stereocenters. The first kappa shape index (κ1) is 23.7. The quantitative estimate of drug-likeness (QED) is 0.486. The minimum atomic E-state index is -1.28. The number of rotatable bonds is 6. The van der Waals surface area contributed by atoms with Crippen molar-refractivity contribution in [1.29, 1.82) is 0 Å². The number of esters is 1. The Morgan fingerprint density at radius 1 is 1.00 bits per heavy atom. The molecule has 0 saturated carbocycles. The molecule has 178 valence electrons. The van der Waals surface area contributed by atoms with E-state index in [1.165, 1.54) is 11.9 Å². The van der Waals surface area contributed by atoms with Gasteiger partial charge in [0.15, 0.2) is 0 Å². The van der Waals surface area contributed by atoms with Gasteiger partial charge in [0.1, 0.15) is 6.04 Å². The summed E-state index contributed by atoms with van der Waals surface area (Å²) in [4.78, 5) is 54.6. The standard InChI is InChI=1S/C27H30N2O5/c1-3-34-25(32)22-11-7-8-16-29(22)24(31)18-27(17-23(30)28(2)26(27)33)21-14-12-20(13-15-21)19-9-5-4-6-10-19/h4-6,9-10,12-15,22H,3,7-8,11,16-18H2,1-2H3/t22-,27+/m1/s1. The van der Waals surface area contributed by atoms with E-state index in [1.807, 2.05) is 54.6 Å². The molecule has 0 N–H and O–H groups in total. The van der Waals surface area contributed by atoms with Crippen LogP contribution in [0.5, 0.6) is 0 Å². The highest BCUT2D eigenvalue weighted by Crippen LogP contribution is 2.41. The van der Waals surface area contributed by atoms with Gasteiger partial charge in [-0.1, -0.05) is 54.6 Å². The number of nitrogens with zero attached hydrogens (tertiary/aromatic N) is 2. The van der Waals surface area contributed by atoms with E-state index >= 15 is 0 Å². The maximum absolute atomic E-state index is 13.5. The molecule has 2 aromatic carbocycles. The lowest BCUT2D eigenvalue weighted by molar-refractivity contribution is -0.157. The second-order valence-electron chi connectivity index (χ2n) is 8.99. The van der Waals surface area contributed by atoms with Crippen LogP contribution in [0.4, 0.5) is 0 Å². The predicted molar refractivity (Wildman–Crippen MR) is 127 cm³/mol. The molecule has 2 fully saturated rings. The van der Waals surface area contributed by atoms with Crippen LogP contribution in [-0.4, -0.2) is 59.7 Å². The average Bonchev–Trinajstić information content (AvgIpc) is 3.08. The molecule has 0 radical (unpaired) electrons. The number of benzene rings is 2. The van der Waals surface area contributed by atoms with Gasteiger partial charge in [0.2, 0.25) is 17.7 Å². The Balaban J connectivity index is 1.66. The molecule has 2 aromatic rings. The molecule has 2 saturated heterocycles. The molecule has 2 atom stereocenters. The highest BCUT2D eigenvalue weighted by Gasteiger charge is 2.53. The second kappa shape index (κ2) is 9.79. The highest BCUT2D eigenvalue weighted by molar-refractivity contribution is 6.10. The minimum absolute atomic E-state index is 0.0727. The molecule has 7 nitrogen and oxygen atoms in total. The van der Waals surface area contributed by atoms with Crippen molar-refractivity contribution in [2.75, 3.05) is 20.2 Å². The van der Waals surface area contributed by atoms with Crippen molar-refractivity contribution in [2.45, 2.75) is 50.5 Å². The smallest absolute Gasteiger partial charge is 0.328 e. The number of hydrogen-bond acceptors (Lipinski definition) is 5. The van der Waals surface area contributed by atoms with Crippen LogP contribution in [0, 0.1) is 0 Å². The lowest BCUT2D eigenvalue weighted by Gasteiger charge is -2.36. The van der Waals surface area contributed by atoms with E-state index in [9.17, 15) is 19.2 Å². The summed E-state index contributed by atoms with van der Waals surface area (Å²) in [5, 5.41) is 0. The number of likely N-dealkylation sites (tertiary alicyclic amines) is 2. The molecule has 2 aliphatic rings. The second-order valence-corrected chi connectivity index (χ2v) is 8.99. The SMILES string of the molecule is CCOC(=O)[C@H]1CCCCN1C(=O)C[C@]1(c2ccc(-c3ccccc3)cc2)CC(=O)N(C)C1=O. The lowest BCUT2D eigenvalue weighted by Crippen LogP contribution is -2.51. The van der Waals surface area contributed by atoms with Crippen LogP contribution < -0.4 is 0 Å². The van der Waals surface area contributed by atoms with Crippen molar-refractivity contribution < 1.29 is 23.9 Å². The summed E-state index contributed by atoms with van der Waals surface area (Å²) in [7, 11) is 1.46. The molecule has 7 heteroatoms. The van der Waals surface area contributed by atoms with Gasteiger partial charge in [0.05, 0.1) is 12.0 Å². The van der Waals surface area contributed by atoms with E-state index in [-0.39, 0.29) is 37.2 Å². The number of imide groups is 1. The largest absolute Gasteiger partial charge is 0.464 e. The number of carbonyl (C=O) groups excluding carboxylic acids is 4. The zero-order valence-electron chi connectivity index (χ0n) is 19.7. The molecular weight excluding hydrogens is 432 g/mol. The lowest BCUT2D eigenvalue weighted by atomic mass is 9.75. The first-order valence-electron chi connectivity index (χ1n) is 11.8. The summed E-state index contributed by atoms with van der Waals surface area (Å²) in [5.41, 5.74) is 1.37. The summed E-state index contributed by atoms with van der Waals surface area (Å²) in [6, 6.07) is 16.7. The number of carbonyl (C=O) groups is 4. The van der Waals surface area contributed by atoms with Crippen LogP contribution in [0.2, 0.25) is 0 Å². The Labute approximate surface area is 199 Å². The van der Waals surface area contributed by atoms with Crippen molar-refractivity contribution in [1.82, 2.24) is 9.80 Å². The summed E-state index contributed by atoms with van der Waals surface area (Å²) in [6.07, 6.45) is 1.92. The maximum Gasteiger partial charge on any atom is 0.328 e. The Bertz CT molecular complexity index is 1080. The van der Waals surface area contributed by atoms with Crippen LogP contribution >= 0.6 is 0 Å². The van der Waals surface area contributed by atoms with Gasteiger partial charge in [-0.3, -0.25) is 19.3 Å². The van der Waals surface area contributed by atoms with Crippen LogP contribution in [0.15, 0.2) is 54.6 Å². The monoisotopic (exact) mass is 462 g/mol.